The second-order valence-corrected chi connectivity index (χ2v) is 5.36. The van der Waals surface area contributed by atoms with E-state index in [-0.39, 0.29) is 11.3 Å². The number of morpholine rings is 1. The van der Waals surface area contributed by atoms with Crippen molar-refractivity contribution in [2.45, 2.75) is 26.1 Å². The Morgan fingerprint density at radius 2 is 2.43 bits per heavy atom. The summed E-state index contributed by atoms with van der Waals surface area (Å²) in [6.45, 7) is 6.33. The molecule has 1 aromatic heterocycles. The van der Waals surface area contributed by atoms with Gasteiger partial charge >= 0.3 is 5.97 Å². The SMILES string of the molecule is COC(=O)c1ccnc(Cl)c1NC(C)N1CCOC[C@H]1C. The molecule has 7 heteroatoms. The number of rotatable bonds is 4. The molecule has 6 nitrogen and oxygen atoms in total. The number of nitrogens with one attached hydrogen (secondary N) is 1. The topological polar surface area (TPSA) is 63.7 Å². The molecule has 0 radical (unpaired) electrons. The van der Waals surface area contributed by atoms with Gasteiger partial charge < -0.3 is 14.8 Å². The van der Waals surface area contributed by atoms with Crippen molar-refractivity contribution >= 4 is 23.3 Å². The van der Waals surface area contributed by atoms with E-state index in [2.05, 4.69) is 22.1 Å². The Morgan fingerprint density at radius 3 is 3.10 bits per heavy atom. The fraction of sp³-hybridized carbons (Fsp3) is 0.571. The van der Waals surface area contributed by atoms with Crippen molar-refractivity contribution in [3.8, 4) is 0 Å². The normalized spacial score (nSPS) is 20.9. The van der Waals surface area contributed by atoms with Crippen LogP contribution >= 0.6 is 11.6 Å². The zero-order valence-corrected chi connectivity index (χ0v) is 13.2. The summed E-state index contributed by atoms with van der Waals surface area (Å²) in [6, 6.07) is 1.88. The van der Waals surface area contributed by atoms with Crippen molar-refractivity contribution in [1.82, 2.24) is 9.88 Å². The monoisotopic (exact) mass is 313 g/mol. The zero-order chi connectivity index (χ0) is 15.4. The van der Waals surface area contributed by atoms with Gasteiger partial charge in [-0.05, 0) is 19.9 Å². The lowest BCUT2D eigenvalue weighted by Gasteiger charge is -2.38. The standard InChI is InChI=1S/C14H20ClN3O3/c1-9-8-21-7-6-18(9)10(2)17-12-11(14(19)20-3)4-5-16-13(12)15/h4-5,9-10,17H,6-8H2,1-3H3/t9-,10?/m1/s1. The molecular weight excluding hydrogens is 294 g/mol. The zero-order valence-electron chi connectivity index (χ0n) is 12.4. The Hall–Kier alpha value is -1.37. The molecule has 2 atom stereocenters. The van der Waals surface area contributed by atoms with Crippen molar-refractivity contribution in [3.63, 3.8) is 0 Å². The summed E-state index contributed by atoms with van der Waals surface area (Å²) in [7, 11) is 1.34. The Labute approximate surface area is 129 Å². The van der Waals surface area contributed by atoms with Crippen LogP contribution in [0.2, 0.25) is 5.15 Å². The maximum Gasteiger partial charge on any atom is 0.340 e. The highest BCUT2D eigenvalue weighted by Crippen LogP contribution is 2.26. The molecule has 0 saturated carbocycles. The van der Waals surface area contributed by atoms with Gasteiger partial charge in [0.15, 0.2) is 5.15 Å². The van der Waals surface area contributed by atoms with Crippen LogP contribution in [0.3, 0.4) is 0 Å². The number of carbonyl (C=O) groups is 1. The maximum absolute atomic E-state index is 11.8. The van der Waals surface area contributed by atoms with Gasteiger partial charge in [-0.15, -0.1) is 0 Å². The van der Waals surface area contributed by atoms with E-state index in [9.17, 15) is 4.79 Å². The predicted molar refractivity (Wildman–Crippen MR) is 80.7 cm³/mol. The van der Waals surface area contributed by atoms with E-state index < -0.39 is 5.97 Å². The molecule has 0 aliphatic carbocycles. The number of aromatic nitrogens is 1. The second-order valence-electron chi connectivity index (χ2n) is 5.00. The first-order valence-electron chi connectivity index (χ1n) is 6.87. The number of ether oxygens (including phenoxy) is 2. The molecule has 1 aliphatic rings. The number of carbonyl (C=O) groups excluding carboxylic acids is 1. The fourth-order valence-electron chi connectivity index (χ4n) is 2.46. The third kappa shape index (κ3) is 3.64. The van der Waals surface area contributed by atoms with Gasteiger partial charge in [-0.1, -0.05) is 11.6 Å². The molecule has 116 valence electrons. The molecule has 1 saturated heterocycles. The average Bonchev–Trinajstić information content (AvgIpc) is 2.48. The number of anilines is 1. The molecule has 0 aromatic carbocycles. The van der Waals surface area contributed by atoms with Crippen molar-refractivity contribution < 1.29 is 14.3 Å². The number of hydrogen-bond acceptors (Lipinski definition) is 6. The summed E-state index contributed by atoms with van der Waals surface area (Å²) in [5, 5.41) is 3.52. The lowest BCUT2D eigenvalue weighted by atomic mass is 10.2. The van der Waals surface area contributed by atoms with Gasteiger partial charge in [-0.25, -0.2) is 9.78 Å². The van der Waals surface area contributed by atoms with Crippen LogP contribution < -0.4 is 5.32 Å². The summed E-state index contributed by atoms with van der Waals surface area (Å²) >= 11 is 6.13. The van der Waals surface area contributed by atoms with Gasteiger partial charge in [0.1, 0.15) is 0 Å². The van der Waals surface area contributed by atoms with Crippen molar-refractivity contribution in [3.05, 3.63) is 23.0 Å². The molecule has 0 amide bonds. The smallest absolute Gasteiger partial charge is 0.340 e. The quantitative estimate of drug-likeness (QED) is 0.677. The number of esters is 1. The molecule has 21 heavy (non-hydrogen) atoms. The van der Waals surface area contributed by atoms with E-state index >= 15 is 0 Å². The molecule has 1 fully saturated rings. The van der Waals surface area contributed by atoms with Crippen LogP contribution in [-0.2, 0) is 9.47 Å². The molecule has 0 spiro atoms. The number of halogens is 1. The van der Waals surface area contributed by atoms with Gasteiger partial charge in [0.25, 0.3) is 0 Å². The van der Waals surface area contributed by atoms with E-state index in [1.165, 1.54) is 13.3 Å². The highest BCUT2D eigenvalue weighted by Gasteiger charge is 2.25. The van der Waals surface area contributed by atoms with E-state index in [0.717, 1.165) is 6.54 Å². The lowest BCUT2D eigenvalue weighted by Crippen LogP contribution is -2.51. The van der Waals surface area contributed by atoms with E-state index in [1.807, 2.05) is 6.92 Å². The molecule has 0 bridgehead atoms. The van der Waals surface area contributed by atoms with Crippen LogP contribution in [0.1, 0.15) is 24.2 Å². The first-order chi connectivity index (χ1) is 10.0. The minimum atomic E-state index is -0.441. The molecule has 1 aromatic rings. The molecule has 2 heterocycles. The lowest BCUT2D eigenvalue weighted by molar-refractivity contribution is -0.0133. The number of hydrogen-bond donors (Lipinski definition) is 1. The third-order valence-corrected chi connectivity index (χ3v) is 3.87. The van der Waals surface area contributed by atoms with Crippen LogP contribution in [0.25, 0.3) is 0 Å². The molecule has 1 unspecified atom stereocenters. The fourth-order valence-corrected chi connectivity index (χ4v) is 2.67. The number of pyridine rings is 1. The van der Waals surface area contributed by atoms with Gasteiger partial charge in [0.05, 0.1) is 37.7 Å². The first-order valence-corrected chi connectivity index (χ1v) is 7.25. The Bertz CT molecular complexity index is 512. The first kappa shape index (κ1) is 16.0. The molecule has 1 N–H and O–H groups in total. The van der Waals surface area contributed by atoms with Gasteiger partial charge in [0.2, 0.25) is 0 Å². The molecule has 1 aliphatic heterocycles. The average molecular weight is 314 g/mol. The molecule has 2 rings (SSSR count). The van der Waals surface area contributed by atoms with Crippen LogP contribution in [0.15, 0.2) is 12.3 Å². The third-order valence-electron chi connectivity index (χ3n) is 3.58. The van der Waals surface area contributed by atoms with Crippen molar-refractivity contribution in [2.75, 3.05) is 32.2 Å². The predicted octanol–water partition coefficient (Wildman–Crippen LogP) is 2.00. The second kappa shape index (κ2) is 7.06. The number of methoxy groups -OCH3 is 1. The van der Waals surface area contributed by atoms with Crippen LogP contribution in [0.4, 0.5) is 5.69 Å². The maximum atomic E-state index is 11.8. The van der Waals surface area contributed by atoms with Crippen LogP contribution in [0.5, 0.6) is 0 Å². The largest absolute Gasteiger partial charge is 0.465 e. The minimum absolute atomic E-state index is 0.00555. The van der Waals surface area contributed by atoms with Gasteiger partial charge in [-0.2, -0.15) is 0 Å². The van der Waals surface area contributed by atoms with Crippen LogP contribution in [-0.4, -0.2) is 54.9 Å². The highest BCUT2D eigenvalue weighted by molar-refractivity contribution is 6.32. The van der Waals surface area contributed by atoms with E-state index in [1.54, 1.807) is 6.07 Å². The van der Waals surface area contributed by atoms with Gasteiger partial charge in [-0.3, -0.25) is 4.90 Å². The van der Waals surface area contributed by atoms with E-state index in [0.29, 0.717) is 30.5 Å². The summed E-state index contributed by atoms with van der Waals surface area (Å²) in [5.74, 6) is -0.441. The summed E-state index contributed by atoms with van der Waals surface area (Å²) in [5.41, 5.74) is 0.877. The summed E-state index contributed by atoms with van der Waals surface area (Å²) < 4.78 is 10.2. The van der Waals surface area contributed by atoms with Crippen molar-refractivity contribution in [2.24, 2.45) is 0 Å². The Morgan fingerprint density at radius 1 is 1.67 bits per heavy atom. The van der Waals surface area contributed by atoms with Crippen molar-refractivity contribution in [1.29, 1.82) is 0 Å². The molecular formula is C14H20ClN3O3. The van der Waals surface area contributed by atoms with E-state index in [4.69, 9.17) is 21.1 Å². The van der Waals surface area contributed by atoms with Gasteiger partial charge in [0, 0.05) is 18.8 Å². The van der Waals surface area contributed by atoms with Crippen LogP contribution in [0, 0.1) is 0 Å². The number of nitrogens with zero attached hydrogens (tertiary/aromatic N) is 2. The summed E-state index contributed by atoms with van der Waals surface area (Å²) in [4.78, 5) is 18.1. The summed E-state index contributed by atoms with van der Waals surface area (Å²) in [6.07, 6.45) is 1.48. The Kier molecular flexibility index (Phi) is 5.39. The Balaban J connectivity index is 2.20. The minimum Gasteiger partial charge on any atom is -0.465 e. The highest BCUT2D eigenvalue weighted by atomic mass is 35.5.